The van der Waals surface area contributed by atoms with E-state index in [0.717, 1.165) is 17.0 Å². The molecule has 31 heavy (non-hydrogen) atoms. The summed E-state index contributed by atoms with van der Waals surface area (Å²) in [7, 11) is -3.37. The highest BCUT2D eigenvalue weighted by molar-refractivity contribution is 7.90. The molecule has 166 valence electrons. The van der Waals surface area contributed by atoms with Crippen molar-refractivity contribution in [3.8, 4) is 22.4 Å². The van der Waals surface area contributed by atoms with E-state index < -0.39 is 28.0 Å². The van der Waals surface area contributed by atoms with Gasteiger partial charge in [-0.15, -0.1) is 0 Å². The van der Waals surface area contributed by atoms with Crippen molar-refractivity contribution in [3.63, 3.8) is 0 Å². The Hall–Kier alpha value is -2.69. The molecule has 0 amide bonds. The first-order valence-corrected chi connectivity index (χ1v) is 11.2. The van der Waals surface area contributed by atoms with Gasteiger partial charge in [0.2, 0.25) is 0 Å². The van der Waals surface area contributed by atoms with Crippen molar-refractivity contribution < 1.29 is 31.4 Å². The van der Waals surface area contributed by atoms with E-state index >= 15 is 0 Å². The van der Waals surface area contributed by atoms with Crippen LogP contribution in [-0.4, -0.2) is 42.5 Å². The van der Waals surface area contributed by atoms with Crippen LogP contribution in [0.3, 0.4) is 0 Å². The van der Waals surface area contributed by atoms with E-state index in [9.17, 15) is 26.7 Å². The van der Waals surface area contributed by atoms with E-state index in [0.29, 0.717) is 16.7 Å². The molecular formula is C21H21F3N2O4S. The van der Waals surface area contributed by atoms with Crippen LogP contribution >= 0.6 is 0 Å². The Balaban J connectivity index is 1.97. The van der Waals surface area contributed by atoms with Gasteiger partial charge in [0.15, 0.2) is 21.8 Å². The Kier molecular flexibility index (Phi) is 6.54. The number of aliphatic hydroxyl groups is 1. The Morgan fingerprint density at radius 3 is 2.29 bits per heavy atom. The summed E-state index contributed by atoms with van der Waals surface area (Å²) in [6.07, 6.45) is -4.82. The third-order valence-corrected chi connectivity index (χ3v) is 5.65. The van der Waals surface area contributed by atoms with Crippen LogP contribution in [-0.2, 0) is 27.3 Å². The number of halogens is 3. The summed E-state index contributed by atoms with van der Waals surface area (Å²) in [6, 6.07) is 13.9. The van der Waals surface area contributed by atoms with Crippen molar-refractivity contribution in [1.82, 2.24) is 9.78 Å². The summed E-state index contributed by atoms with van der Waals surface area (Å²) in [6.45, 7) is 1.59. The average Bonchev–Trinajstić information content (AvgIpc) is 3.12. The van der Waals surface area contributed by atoms with Crippen LogP contribution in [0.2, 0.25) is 0 Å². The van der Waals surface area contributed by atoms with Gasteiger partial charge in [-0.2, -0.15) is 18.3 Å². The summed E-state index contributed by atoms with van der Waals surface area (Å²) >= 11 is 0. The first-order valence-electron chi connectivity index (χ1n) is 9.34. The predicted octanol–water partition coefficient (Wildman–Crippen LogP) is 3.99. The third kappa shape index (κ3) is 5.52. The highest BCUT2D eigenvalue weighted by Crippen LogP contribution is 2.33. The minimum absolute atomic E-state index is 0.169. The van der Waals surface area contributed by atoms with Crippen LogP contribution in [0, 0.1) is 0 Å². The lowest BCUT2D eigenvalue weighted by Crippen LogP contribution is -2.21. The number of benzene rings is 2. The zero-order valence-corrected chi connectivity index (χ0v) is 17.6. The molecule has 0 aliphatic heterocycles. The number of sulfone groups is 1. The highest BCUT2D eigenvalue weighted by Gasteiger charge is 2.35. The average molecular weight is 454 g/mol. The monoisotopic (exact) mass is 454 g/mol. The minimum atomic E-state index is -4.64. The van der Waals surface area contributed by atoms with E-state index in [-0.39, 0.29) is 23.7 Å². The molecule has 1 aromatic heterocycles. The quantitative estimate of drug-likeness (QED) is 0.546. The molecule has 2 aromatic carbocycles. The first-order chi connectivity index (χ1) is 14.5. The van der Waals surface area contributed by atoms with Gasteiger partial charge in [0.05, 0.1) is 17.1 Å². The normalized spacial score (nSPS) is 13.4. The van der Waals surface area contributed by atoms with Crippen LogP contribution < -0.4 is 0 Å². The largest absolute Gasteiger partial charge is 0.435 e. The maximum Gasteiger partial charge on any atom is 0.435 e. The van der Waals surface area contributed by atoms with Crippen molar-refractivity contribution in [3.05, 3.63) is 60.3 Å². The van der Waals surface area contributed by atoms with Crippen molar-refractivity contribution in [2.45, 2.75) is 30.8 Å². The maximum atomic E-state index is 13.2. The summed E-state index contributed by atoms with van der Waals surface area (Å²) in [5.74, 6) is 0. The molecule has 1 N–H and O–H groups in total. The molecule has 1 heterocycles. The van der Waals surface area contributed by atoms with Crippen molar-refractivity contribution in [1.29, 1.82) is 0 Å². The van der Waals surface area contributed by atoms with Crippen LogP contribution in [0.5, 0.6) is 0 Å². The zero-order chi connectivity index (χ0) is 22.8. The summed E-state index contributed by atoms with van der Waals surface area (Å²) in [5, 5.41) is 13.4. The lowest BCUT2D eigenvalue weighted by Gasteiger charge is -2.13. The molecule has 0 bridgehead atoms. The topological polar surface area (TPSA) is 81.4 Å². The number of aliphatic hydroxyl groups excluding tert-OH is 1. The molecule has 0 fully saturated rings. The highest BCUT2D eigenvalue weighted by atomic mass is 32.2. The molecule has 6 nitrogen and oxygen atoms in total. The molecular weight excluding hydrogens is 433 g/mol. The number of rotatable bonds is 7. The molecule has 0 spiro atoms. The van der Waals surface area contributed by atoms with Gasteiger partial charge in [0.25, 0.3) is 0 Å². The summed E-state index contributed by atoms with van der Waals surface area (Å²) in [4.78, 5) is 0.173. The standard InChI is InChI=1S/C21H21F3N2O4S/c1-3-30-20(27)13-26-18(12-19(25-26)21(22,23)24)15-9-7-14(8-10-15)16-5-4-6-17(11-16)31(2,28)29/h4-12,20,27H,3,13H2,1-2H3. The maximum absolute atomic E-state index is 13.2. The van der Waals surface area contributed by atoms with E-state index in [4.69, 9.17) is 4.74 Å². The second-order valence-corrected chi connectivity index (χ2v) is 8.90. The fourth-order valence-corrected chi connectivity index (χ4v) is 3.73. The number of alkyl halides is 3. The molecule has 1 unspecified atom stereocenters. The van der Waals surface area contributed by atoms with Gasteiger partial charge in [-0.1, -0.05) is 36.4 Å². The van der Waals surface area contributed by atoms with Crippen LogP contribution in [0.25, 0.3) is 22.4 Å². The molecule has 0 aliphatic rings. The summed E-state index contributed by atoms with van der Waals surface area (Å²) in [5.41, 5.74) is 0.907. The molecule has 10 heteroatoms. The van der Waals surface area contributed by atoms with Gasteiger partial charge in [-0.05, 0) is 41.8 Å². The van der Waals surface area contributed by atoms with E-state index in [1.54, 1.807) is 43.3 Å². The SMILES string of the molecule is CCOC(O)Cn1nc(C(F)(F)F)cc1-c1ccc(-c2cccc(S(C)(=O)=O)c2)cc1. The molecule has 0 aliphatic carbocycles. The Morgan fingerprint density at radius 1 is 1.06 bits per heavy atom. The van der Waals surface area contributed by atoms with Crippen LogP contribution in [0.15, 0.2) is 59.5 Å². The molecule has 0 radical (unpaired) electrons. The molecule has 3 aromatic rings. The Morgan fingerprint density at radius 2 is 1.71 bits per heavy atom. The lowest BCUT2D eigenvalue weighted by molar-refractivity contribution is -0.142. The van der Waals surface area contributed by atoms with Gasteiger partial charge in [-0.3, -0.25) is 4.68 Å². The fraction of sp³-hybridized carbons (Fsp3) is 0.286. The molecule has 0 saturated heterocycles. The minimum Gasteiger partial charge on any atom is -0.366 e. The number of nitrogens with zero attached hydrogens (tertiary/aromatic N) is 2. The number of ether oxygens (including phenoxy) is 1. The van der Waals surface area contributed by atoms with Gasteiger partial charge < -0.3 is 9.84 Å². The Bertz CT molecular complexity index is 1160. The predicted molar refractivity (Wildman–Crippen MR) is 109 cm³/mol. The summed E-state index contributed by atoms with van der Waals surface area (Å²) < 4.78 is 69.2. The lowest BCUT2D eigenvalue weighted by atomic mass is 10.0. The van der Waals surface area contributed by atoms with Crippen molar-refractivity contribution in [2.75, 3.05) is 12.9 Å². The van der Waals surface area contributed by atoms with Gasteiger partial charge in [0, 0.05) is 12.9 Å². The number of hydrogen-bond donors (Lipinski definition) is 1. The third-order valence-electron chi connectivity index (χ3n) is 4.53. The van der Waals surface area contributed by atoms with Crippen molar-refractivity contribution >= 4 is 9.84 Å². The first kappa shape index (κ1) is 23.0. The molecule has 3 rings (SSSR count). The van der Waals surface area contributed by atoms with E-state index in [1.165, 1.54) is 12.1 Å². The second-order valence-electron chi connectivity index (χ2n) is 6.88. The number of aromatic nitrogens is 2. The number of hydrogen-bond acceptors (Lipinski definition) is 5. The smallest absolute Gasteiger partial charge is 0.366 e. The van der Waals surface area contributed by atoms with Crippen LogP contribution in [0.4, 0.5) is 13.2 Å². The van der Waals surface area contributed by atoms with Crippen molar-refractivity contribution in [2.24, 2.45) is 0 Å². The van der Waals surface area contributed by atoms with E-state index in [1.807, 2.05) is 0 Å². The second kappa shape index (κ2) is 8.81. The molecule has 0 saturated carbocycles. The zero-order valence-electron chi connectivity index (χ0n) is 16.8. The van der Waals surface area contributed by atoms with Gasteiger partial charge in [-0.25, -0.2) is 8.42 Å². The van der Waals surface area contributed by atoms with Crippen LogP contribution in [0.1, 0.15) is 12.6 Å². The van der Waals surface area contributed by atoms with E-state index in [2.05, 4.69) is 5.10 Å². The Labute approximate surface area is 177 Å². The molecule has 1 atom stereocenters. The van der Waals surface area contributed by atoms with Gasteiger partial charge >= 0.3 is 6.18 Å². The fourth-order valence-electron chi connectivity index (χ4n) is 3.06. The van der Waals surface area contributed by atoms with Gasteiger partial charge in [0.1, 0.15) is 0 Å².